The monoisotopic (exact) mass is 438 g/mol. The average Bonchev–Trinajstić information content (AvgIpc) is 3.14. The van der Waals surface area contributed by atoms with E-state index in [-0.39, 0.29) is 30.2 Å². The molecule has 0 aliphatic rings. The molecule has 4 rings (SSSR count). The number of carbonyl (C=O) groups excluding carboxylic acids is 1. The zero-order valence-corrected chi connectivity index (χ0v) is 17.5. The van der Waals surface area contributed by atoms with Crippen LogP contribution in [0.4, 0.5) is 14.5 Å². The molecule has 8 nitrogen and oxygen atoms in total. The van der Waals surface area contributed by atoms with Gasteiger partial charge in [0.15, 0.2) is 11.2 Å². The van der Waals surface area contributed by atoms with Gasteiger partial charge in [-0.1, -0.05) is 30.3 Å². The summed E-state index contributed by atoms with van der Waals surface area (Å²) in [5.74, 6) is -1.81. The molecule has 0 unspecified atom stereocenters. The summed E-state index contributed by atoms with van der Waals surface area (Å²) in [4.78, 5) is 29.6. The van der Waals surface area contributed by atoms with Gasteiger partial charge in [0, 0.05) is 11.8 Å². The molecule has 32 heavy (non-hydrogen) atoms. The number of para-hydroxylation sites is 1. The molecule has 0 saturated carbocycles. The number of hydrogen-bond acceptors (Lipinski definition) is 5. The highest BCUT2D eigenvalue weighted by molar-refractivity contribution is 5.92. The third-order valence-electron chi connectivity index (χ3n) is 5.06. The van der Waals surface area contributed by atoms with Crippen molar-refractivity contribution < 1.29 is 13.6 Å². The third kappa shape index (κ3) is 4.25. The largest absolute Gasteiger partial charge is 0.324 e. The number of aromatic nitrogens is 5. The minimum absolute atomic E-state index is 0.0187. The van der Waals surface area contributed by atoms with E-state index >= 15 is 0 Å². The predicted molar refractivity (Wildman–Crippen MR) is 114 cm³/mol. The lowest BCUT2D eigenvalue weighted by Crippen LogP contribution is -2.28. The summed E-state index contributed by atoms with van der Waals surface area (Å²) in [7, 11) is 0. The first-order valence-electron chi connectivity index (χ1n) is 9.97. The van der Waals surface area contributed by atoms with Gasteiger partial charge in [0.05, 0.1) is 6.54 Å². The first-order valence-corrected chi connectivity index (χ1v) is 9.97. The Bertz CT molecular complexity index is 1360. The summed E-state index contributed by atoms with van der Waals surface area (Å²) in [6.07, 6.45) is 1.98. The number of nitrogens with zero attached hydrogens (tertiary/aromatic N) is 5. The van der Waals surface area contributed by atoms with Crippen molar-refractivity contribution in [3.8, 4) is 0 Å². The van der Waals surface area contributed by atoms with Crippen LogP contribution in [0.3, 0.4) is 0 Å². The maximum absolute atomic E-state index is 13.4. The van der Waals surface area contributed by atoms with Crippen molar-refractivity contribution in [2.45, 2.75) is 33.4 Å². The van der Waals surface area contributed by atoms with Gasteiger partial charge in [-0.15, -0.1) is 5.10 Å². The first kappa shape index (κ1) is 21.3. The Balaban J connectivity index is 1.57. The van der Waals surface area contributed by atoms with Crippen LogP contribution in [0.1, 0.15) is 23.6 Å². The lowest BCUT2D eigenvalue weighted by Gasteiger charge is -2.13. The van der Waals surface area contributed by atoms with Crippen molar-refractivity contribution in [2.24, 2.45) is 0 Å². The van der Waals surface area contributed by atoms with E-state index in [4.69, 9.17) is 0 Å². The summed E-state index contributed by atoms with van der Waals surface area (Å²) in [6.45, 7) is 3.63. The highest BCUT2D eigenvalue weighted by Gasteiger charge is 2.16. The number of carbonyl (C=O) groups is 1. The number of rotatable bonds is 6. The summed E-state index contributed by atoms with van der Waals surface area (Å²) in [5, 5.41) is 10.6. The number of nitrogens with one attached hydrogen (secondary N) is 1. The van der Waals surface area contributed by atoms with Crippen LogP contribution < -0.4 is 10.9 Å². The summed E-state index contributed by atoms with van der Waals surface area (Å²) in [5.41, 5.74) is 2.54. The molecule has 2 aromatic carbocycles. The molecular weight excluding hydrogens is 418 g/mol. The molecule has 0 aliphatic carbocycles. The van der Waals surface area contributed by atoms with E-state index < -0.39 is 17.2 Å². The van der Waals surface area contributed by atoms with Gasteiger partial charge in [-0.3, -0.25) is 14.2 Å². The van der Waals surface area contributed by atoms with Crippen LogP contribution in [-0.2, 0) is 24.3 Å². The standard InChI is InChI=1S/C22H20F2N6O2/c1-3-15-6-4-5-13(2)19(15)26-18(31)11-29-12-25-21-20(22(29)32)27-28-30(21)10-14-7-16(23)9-17(24)8-14/h4-9,12H,3,10-11H2,1-2H3,(H,26,31). The number of hydrogen-bond donors (Lipinski definition) is 1. The second kappa shape index (κ2) is 8.66. The van der Waals surface area contributed by atoms with E-state index in [9.17, 15) is 18.4 Å². The summed E-state index contributed by atoms with van der Waals surface area (Å²) >= 11 is 0. The Morgan fingerprint density at radius 2 is 1.91 bits per heavy atom. The third-order valence-corrected chi connectivity index (χ3v) is 5.06. The predicted octanol–water partition coefficient (Wildman–Crippen LogP) is 2.82. The second-order valence-corrected chi connectivity index (χ2v) is 7.39. The number of halogens is 2. The molecule has 0 bridgehead atoms. The van der Waals surface area contributed by atoms with Crippen LogP contribution in [0, 0.1) is 18.6 Å². The fourth-order valence-corrected chi connectivity index (χ4v) is 3.52. The molecule has 4 aromatic rings. The Morgan fingerprint density at radius 1 is 1.16 bits per heavy atom. The maximum atomic E-state index is 13.4. The maximum Gasteiger partial charge on any atom is 0.283 e. The lowest BCUT2D eigenvalue weighted by molar-refractivity contribution is -0.116. The smallest absolute Gasteiger partial charge is 0.283 e. The van der Waals surface area contributed by atoms with Gasteiger partial charge in [-0.05, 0) is 42.2 Å². The SMILES string of the molecule is CCc1cccc(C)c1NC(=O)Cn1cnc2c(nnn2Cc2cc(F)cc(F)c2)c1=O. The minimum Gasteiger partial charge on any atom is -0.324 e. The van der Waals surface area contributed by atoms with Gasteiger partial charge < -0.3 is 5.32 Å². The molecule has 2 aromatic heterocycles. The van der Waals surface area contributed by atoms with Crippen LogP contribution >= 0.6 is 0 Å². The van der Waals surface area contributed by atoms with Crippen molar-refractivity contribution in [1.29, 1.82) is 0 Å². The Morgan fingerprint density at radius 3 is 2.62 bits per heavy atom. The number of benzene rings is 2. The van der Waals surface area contributed by atoms with Crippen LogP contribution in [0.2, 0.25) is 0 Å². The Labute approximate surface area is 181 Å². The Kier molecular flexibility index (Phi) is 5.76. The minimum atomic E-state index is -0.717. The molecule has 0 spiro atoms. The van der Waals surface area contributed by atoms with Crippen molar-refractivity contribution in [2.75, 3.05) is 5.32 Å². The van der Waals surface area contributed by atoms with Crippen LogP contribution in [0.15, 0.2) is 47.5 Å². The van der Waals surface area contributed by atoms with Crippen LogP contribution in [0.5, 0.6) is 0 Å². The van der Waals surface area contributed by atoms with E-state index in [1.165, 1.54) is 11.0 Å². The van der Waals surface area contributed by atoms with Gasteiger partial charge in [0.2, 0.25) is 5.91 Å². The van der Waals surface area contributed by atoms with Gasteiger partial charge >= 0.3 is 0 Å². The fourth-order valence-electron chi connectivity index (χ4n) is 3.52. The lowest BCUT2D eigenvalue weighted by atomic mass is 10.1. The molecular formula is C22H20F2N6O2. The van der Waals surface area contributed by atoms with E-state index in [0.717, 1.165) is 46.0 Å². The molecule has 10 heteroatoms. The molecule has 1 N–H and O–H groups in total. The van der Waals surface area contributed by atoms with E-state index in [1.54, 1.807) is 0 Å². The summed E-state index contributed by atoms with van der Waals surface area (Å²) < 4.78 is 29.3. The van der Waals surface area contributed by atoms with Crippen molar-refractivity contribution >= 4 is 22.8 Å². The molecule has 164 valence electrons. The number of anilines is 1. The molecule has 0 aliphatic heterocycles. The van der Waals surface area contributed by atoms with Crippen LogP contribution in [0.25, 0.3) is 11.2 Å². The van der Waals surface area contributed by atoms with E-state index in [0.29, 0.717) is 5.56 Å². The zero-order valence-electron chi connectivity index (χ0n) is 17.5. The number of fused-ring (bicyclic) bond motifs is 1. The molecule has 2 heterocycles. The topological polar surface area (TPSA) is 94.7 Å². The summed E-state index contributed by atoms with van der Waals surface area (Å²) in [6, 6.07) is 8.86. The second-order valence-electron chi connectivity index (χ2n) is 7.39. The van der Waals surface area contributed by atoms with Crippen molar-refractivity contribution in [3.63, 3.8) is 0 Å². The van der Waals surface area contributed by atoms with Gasteiger partial charge in [0.1, 0.15) is 24.5 Å². The zero-order chi connectivity index (χ0) is 22.8. The quantitative estimate of drug-likeness (QED) is 0.500. The van der Waals surface area contributed by atoms with E-state index in [2.05, 4.69) is 20.6 Å². The van der Waals surface area contributed by atoms with Crippen molar-refractivity contribution in [1.82, 2.24) is 24.5 Å². The van der Waals surface area contributed by atoms with Gasteiger partial charge in [-0.2, -0.15) is 0 Å². The highest BCUT2D eigenvalue weighted by Crippen LogP contribution is 2.21. The fraction of sp³-hybridized carbons (Fsp3) is 0.227. The van der Waals surface area contributed by atoms with Crippen LogP contribution in [-0.4, -0.2) is 30.5 Å². The Hall–Kier alpha value is -3.95. The number of amides is 1. The molecule has 0 atom stereocenters. The van der Waals surface area contributed by atoms with Crippen molar-refractivity contribution in [3.05, 3.63) is 81.4 Å². The number of aryl methyl sites for hydroxylation is 2. The highest BCUT2D eigenvalue weighted by atomic mass is 19.1. The molecule has 0 saturated heterocycles. The first-order chi connectivity index (χ1) is 15.4. The molecule has 1 amide bonds. The average molecular weight is 438 g/mol. The van der Waals surface area contributed by atoms with E-state index in [1.807, 2.05) is 32.0 Å². The normalized spacial score (nSPS) is 11.1. The molecule has 0 radical (unpaired) electrons. The molecule has 0 fully saturated rings. The van der Waals surface area contributed by atoms with Gasteiger partial charge in [0.25, 0.3) is 5.56 Å². The van der Waals surface area contributed by atoms with Gasteiger partial charge in [-0.25, -0.2) is 18.4 Å².